The molecule has 6 heteroatoms. The fraction of sp³-hybridized carbons (Fsp3) is 0.227. The van der Waals surface area contributed by atoms with Crippen LogP contribution in [0.15, 0.2) is 59.7 Å². The molecule has 1 aliphatic heterocycles. The van der Waals surface area contributed by atoms with Gasteiger partial charge in [0.2, 0.25) is 0 Å². The molecule has 1 fully saturated rings. The van der Waals surface area contributed by atoms with E-state index in [9.17, 15) is 9.59 Å². The number of benzene rings is 3. The number of ether oxygens (including phenoxy) is 1. The van der Waals surface area contributed by atoms with Gasteiger partial charge in [-0.1, -0.05) is 48.5 Å². The third-order valence-corrected chi connectivity index (χ3v) is 4.89. The number of hydrogen-bond donors (Lipinski definition) is 2. The smallest absolute Gasteiger partial charge is 0.329 e. The summed E-state index contributed by atoms with van der Waals surface area (Å²) in [5.74, 6) is -1.51. The van der Waals surface area contributed by atoms with E-state index in [2.05, 4.69) is 21.9 Å². The summed E-state index contributed by atoms with van der Waals surface area (Å²) < 4.78 is 5.43. The molecule has 142 valence electrons. The summed E-state index contributed by atoms with van der Waals surface area (Å²) in [5, 5.41) is 10.8. The van der Waals surface area contributed by atoms with Crippen LogP contribution in [0.2, 0.25) is 0 Å². The number of carbonyl (C=O) groups is 2. The quantitative estimate of drug-likeness (QED) is 0.318. The average molecular weight is 375 g/mol. The monoisotopic (exact) mass is 375 g/mol. The van der Waals surface area contributed by atoms with Crippen LogP contribution in [-0.2, 0) is 14.3 Å². The molecule has 4 rings (SSSR count). The molecule has 0 saturated carbocycles. The Labute approximate surface area is 162 Å². The predicted molar refractivity (Wildman–Crippen MR) is 109 cm³/mol. The lowest BCUT2D eigenvalue weighted by Crippen LogP contribution is -2.41. The molecule has 0 aromatic heterocycles. The van der Waals surface area contributed by atoms with E-state index < -0.39 is 11.8 Å². The van der Waals surface area contributed by atoms with Crippen molar-refractivity contribution >= 4 is 39.6 Å². The third kappa shape index (κ3) is 3.87. The minimum atomic E-state index is -0.793. The zero-order valence-electron chi connectivity index (χ0n) is 15.4. The molecule has 2 amide bonds. The molecule has 0 spiro atoms. The number of amides is 2. The SMILES string of the molecule is O=C(NCC1CCCO1)C(=O)NN=Cc1c2ccccc2cc2ccccc12. The minimum Gasteiger partial charge on any atom is -0.376 e. The van der Waals surface area contributed by atoms with Crippen molar-refractivity contribution < 1.29 is 14.3 Å². The number of carbonyl (C=O) groups excluding carboxylic acids is 2. The lowest BCUT2D eigenvalue weighted by molar-refractivity contribution is -0.139. The lowest BCUT2D eigenvalue weighted by atomic mass is 9.97. The van der Waals surface area contributed by atoms with Crippen LogP contribution in [0.25, 0.3) is 21.5 Å². The zero-order valence-corrected chi connectivity index (χ0v) is 15.4. The largest absolute Gasteiger partial charge is 0.376 e. The second kappa shape index (κ2) is 8.19. The Hall–Kier alpha value is -3.25. The van der Waals surface area contributed by atoms with Gasteiger partial charge >= 0.3 is 11.8 Å². The van der Waals surface area contributed by atoms with Crippen molar-refractivity contribution in [3.05, 3.63) is 60.2 Å². The van der Waals surface area contributed by atoms with E-state index in [0.29, 0.717) is 13.2 Å². The third-order valence-electron chi connectivity index (χ3n) is 4.89. The van der Waals surface area contributed by atoms with Gasteiger partial charge in [-0.2, -0.15) is 5.10 Å². The van der Waals surface area contributed by atoms with Crippen LogP contribution >= 0.6 is 0 Å². The number of rotatable bonds is 4. The molecule has 28 heavy (non-hydrogen) atoms. The fourth-order valence-corrected chi connectivity index (χ4v) is 3.49. The van der Waals surface area contributed by atoms with Gasteiger partial charge in [-0.3, -0.25) is 9.59 Å². The van der Waals surface area contributed by atoms with Crippen molar-refractivity contribution in [2.45, 2.75) is 18.9 Å². The molecule has 0 aliphatic carbocycles. The highest BCUT2D eigenvalue weighted by molar-refractivity contribution is 6.35. The van der Waals surface area contributed by atoms with Gasteiger partial charge in [0.05, 0.1) is 12.3 Å². The average Bonchev–Trinajstić information content (AvgIpc) is 3.25. The topological polar surface area (TPSA) is 79.8 Å². The van der Waals surface area contributed by atoms with E-state index in [1.165, 1.54) is 0 Å². The molecule has 3 aromatic rings. The van der Waals surface area contributed by atoms with E-state index >= 15 is 0 Å². The first-order valence-corrected chi connectivity index (χ1v) is 9.36. The van der Waals surface area contributed by atoms with Gasteiger partial charge in [-0.25, -0.2) is 5.43 Å². The zero-order chi connectivity index (χ0) is 19.3. The Morgan fingerprint density at radius 2 is 1.71 bits per heavy atom. The van der Waals surface area contributed by atoms with Crippen molar-refractivity contribution in [2.75, 3.05) is 13.2 Å². The maximum atomic E-state index is 12.0. The van der Waals surface area contributed by atoms with Gasteiger partial charge in [0.1, 0.15) is 0 Å². The molecule has 2 N–H and O–H groups in total. The van der Waals surface area contributed by atoms with Crippen molar-refractivity contribution in [3.8, 4) is 0 Å². The fourth-order valence-electron chi connectivity index (χ4n) is 3.49. The number of hydrazone groups is 1. The van der Waals surface area contributed by atoms with Crippen LogP contribution in [0.4, 0.5) is 0 Å². The molecule has 1 aliphatic rings. The summed E-state index contributed by atoms with van der Waals surface area (Å²) in [6.45, 7) is 1.04. The van der Waals surface area contributed by atoms with E-state index in [4.69, 9.17) is 4.74 Å². The summed E-state index contributed by atoms with van der Waals surface area (Å²) >= 11 is 0. The number of fused-ring (bicyclic) bond motifs is 2. The highest BCUT2D eigenvalue weighted by Gasteiger charge is 2.19. The highest BCUT2D eigenvalue weighted by atomic mass is 16.5. The van der Waals surface area contributed by atoms with Crippen LogP contribution in [0.3, 0.4) is 0 Å². The maximum Gasteiger partial charge on any atom is 0.329 e. The number of nitrogens with one attached hydrogen (secondary N) is 2. The molecule has 6 nitrogen and oxygen atoms in total. The summed E-state index contributed by atoms with van der Waals surface area (Å²) in [5.41, 5.74) is 3.21. The first-order valence-electron chi connectivity index (χ1n) is 9.36. The van der Waals surface area contributed by atoms with E-state index in [0.717, 1.165) is 39.9 Å². The Balaban J connectivity index is 1.49. The summed E-state index contributed by atoms with van der Waals surface area (Å²) in [6, 6.07) is 18.1. The summed E-state index contributed by atoms with van der Waals surface area (Å²) in [4.78, 5) is 23.9. The Morgan fingerprint density at radius 3 is 2.36 bits per heavy atom. The summed E-state index contributed by atoms with van der Waals surface area (Å²) in [7, 11) is 0. The molecule has 1 unspecified atom stereocenters. The first-order chi connectivity index (χ1) is 13.7. The van der Waals surface area contributed by atoms with Crippen LogP contribution in [-0.4, -0.2) is 37.3 Å². The molecule has 1 atom stereocenters. The number of hydrogen-bond acceptors (Lipinski definition) is 4. The molecule has 0 bridgehead atoms. The Morgan fingerprint density at radius 1 is 1.04 bits per heavy atom. The maximum absolute atomic E-state index is 12.0. The molecule has 1 heterocycles. The van der Waals surface area contributed by atoms with E-state index in [1.54, 1.807) is 6.21 Å². The van der Waals surface area contributed by atoms with Gasteiger partial charge in [0.25, 0.3) is 0 Å². The van der Waals surface area contributed by atoms with E-state index in [-0.39, 0.29) is 6.10 Å². The second-order valence-corrected chi connectivity index (χ2v) is 6.78. The lowest BCUT2D eigenvalue weighted by Gasteiger charge is -2.10. The molecule has 3 aromatic carbocycles. The van der Waals surface area contributed by atoms with Crippen LogP contribution in [0, 0.1) is 0 Å². The Bertz CT molecular complexity index is 1000. The van der Waals surface area contributed by atoms with Gasteiger partial charge in [0.15, 0.2) is 0 Å². The van der Waals surface area contributed by atoms with Gasteiger partial charge in [0, 0.05) is 18.7 Å². The van der Waals surface area contributed by atoms with Crippen LogP contribution < -0.4 is 10.7 Å². The summed E-state index contributed by atoms with van der Waals surface area (Å²) in [6.07, 6.45) is 3.46. The normalized spacial score (nSPS) is 16.6. The number of nitrogens with zero attached hydrogens (tertiary/aromatic N) is 1. The van der Waals surface area contributed by atoms with Gasteiger partial charge in [-0.15, -0.1) is 0 Å². The highest BCUT2D eigenvalue weighted by Crippen LogP contribution is 2.27. The first kappa shape index (κ1) is 18.1. The van der Waals surface area contributed by atoms with Crippen LogP contribution in [0.5, 0.6) is 0 Å². The molecule has 0 radical (unpaired) electrons. The molecule has 1 saturated heterocycles. The molecular formula is C22H21N3O3. The second-order valence-electron chi connectivity index (χ2n) is 6.78. The minimum absolute atomic E-state index is 0.0118. The van der Waals surface area contributed by atoms with Gasteiger partial charge < -0.3 is 10.1 Å². The van der Waals surface area contributed by atoms with Crippen molar-refractivity contribution in [1.29, 1.82) is 0 Å². The Kier molecular flexibility index (Phi) is 5.30. The van der Waals surface area contributed by atoms with Crippen LogP contribution in [0.1, 0.15) is 18.4 Å². The van der Waals surface area contributed by atoms with Crippen molar-refractivity contribution in [2.24, 2.45) is 5.10 Å². The van der Waals surface area contributed by atoms with Crippen molar-refractivity contribution in [3.63, 3.8) is 0 Å². The standard InChI is InChI=1S/C22H21N3O3/c26-21(23-13-17-8-5-11-28-17)22(27)25-24-14-20-18-9-3-1-6-15(18)12-16-7-2-4-10-19(16)20/h1-4,6-7,9-10,12,14,17H,5,8,11,13H2,(H,23,26)(H,25,27). The van der Waals surface area contributed by atoms with E-state index in [1.807, 2.05) is 48.5 Å². The van der Waals surface area contributed by atoms with Crippen molar-refractivity contribution in [1.82, 2.24) is 10.7 Å². The van der Waals surface area contributed by atoms with Gasteiger partial charge in [-0.05, 0) is 40.5 Å². The molecular weight excluding hydrogens is 354 g/mol. The predicted octanol–water partition coefficient (Wildman–Crippen LogP) is 2.74.